The molecular weight excluding hydrogens is 360 g/mol. The van der Waals surface area contributed by atoms with Gasteiger partial charge in [-0.1, -0.05) is 60.7 Å². The molecule has 4 rings (SSSR count). The predicted molar refractivity (Wildman–Crippen MR) is 116 cm³/mol. The molecule has 2 aromatic carbocycles. The van der Waals surface area contributed by atoms with Crippen LogP contribution in [0.25, 0.3) is 0 Å². The van der Waals surface area contributed by atoms with Crippen LogP contribution in [0, 0.1) is 5.92 Å². The Labute approximate surface area is 174 Å². The molecule has 2 heterocycles. The van der Waals surface area contributed by atoms with Gasteiger partial charge in [0.1, 0.15) is 0 Å². The number of aliphatic hydroxyl groups is 1. The average molecular weight is 393 g/mol. The van der Waals surface area contributed by atoms with E-state index in [4.69, 9.17) is 0 Å². The number of benzene rings is 2. The summed E-state index contributed by atoms with van der Waals surface area (Å²) in [4.78, 5) is 17.3. The number of piperidine rings is 2. The Bertz CT molecular complexity index is 753. The number of hydrogen-bond donors (Lipinski definition) is 1. The van der Waals surface area contributed by atoms with Crippen molar-refractivity contribution in [1.29, 1.82) is 0 Å². The monoisotopic (exact) mass is 392 g/mol. The Morgan fingerprint density at radius 1 is 0.966 bits per heavy atom. The number of amides is 1. The summed E-state index contributed by atoms with van der Waals surface area (Å²) >= 11 is 0. The summed E-state index contributed by atoms with van der Waals surface area (Å²) in [6, 6.07) is 21.3. The van der Waals surface area contributed by atoms with Gasteiger partial charge in [0.05, 0.1) is 0 Å². The summed E-state index contributed by atoms with van der Waals surface area (Å²) in [5, 5.41) is 9.50. The van der Waals surface area contributed by atoms with Crippen LogP contribution in [0.3, 0.4) is 0 Å². The van der Waals surface area contributed by atoms with Gasteiger partial charge < -0.3 is 14.9 Å². The van der Waals surface area contributed by atoms with Gasteiger partial charge in [0.25, 0.3) is 0 Å². The Hall–Kier alpha value is -2.17. The van der Waals surface area contributed by atoms with E-state index in [1.165, 1.54) is 11.1 Å². The van der Waals surface area contributed by atoms with Crippen LogP contribution in [0.2, 0.25) is 0 Å². The molecule has 4 heteroatoms. The topological polar surface area (TPSA) is 43.8 Å². The van der Waals surface area contributed by atoms with Crippen molar-refractivity contribution in [2.24, 2.45) is 5.92 Å². The van der Waals surface area contributed by atoms with E-state index >= 15 is 0 Å². The maximum atomic E-state index is 12.8. The van der Waals surface area contributed by atoms with Crippen LogP contribution in [0.5, 0.6) is 0 Å². The van der Waals surface area contributed by atoms with Crippen molar-refractivity contribution in [3.8, 4) is 0 Å². The van der Waals surface area contributed by atoms with Crippen LogP contribution < -0.4 is 0 Å². The van der Waals surface area contributed by atoms with Crippen molar-refractivity contribution in [1.82, 2.24) is 9.80 Å². The lowest BCUT2D eigenvalue weighted by Gasteiger charge is -2.44. The third-order valence-electron chi connectivity index (χ3n) is 6.78. The molecule has 0 aliphatic carbocycles. The SMILES string of the molecule is O=C1CCC(c2ccccc2)(c2ccccc2)CN1CCN1CCC[C@H](CO)C1. The third kappa shape index (κ3) is 4.39. The van der Waals surface area contributed by atoms with Gasteiger partial charge in [-0.2, -0.15) is 0 Å². The minimum atomic E-state index is -0.147. The molecule has 0 saturated carbocycles. The number of rotatable bonds is 6. The highest BCUT2D eigenvalue weighted by molar-refractivity contribution is 5.78. The van der Waals surface area contributed by atoms with Crippen LogP contribution in [0.4, 0.5) is 0 Å². The largest absolute Gasteiger partial charge is 0.396 e. The van der Waals surface area contributed by atoms with Gasteiger partial charge in [-0.15, -0.1) is 0 Å². The van der Waals surface area contributed by atoms with Crippen molar-refractivity contribution < 1.29 is 9.90 Å². The van der Waals surface area contributed by atoms with Crippen LogP contribution in [0.1, 0.15) is 36.8 Å². The quantitative estimate of drug-likeness (QED) is 0.820. The van der Waals surface area contributed by atoms with Gasteiger partial charge in [-0.25, -0.2) is 0 Å². The molecule has 2 saturated heterocycles. The first kappa shape index (κ1) is 20.1. The van der Waals surface area contributed by atoms with Gasteiger partial charge in [-0.3, -0.25) is 4.79 Å². The number of hydrogen-bond acceptors (Lipinski definition) is 3. The van der Waals surface area contributed by atoms with E-state index in [1.807, 2.05) is 0 Å². The van der Waals surface area contributed by atoms with E-state index in [0.29, 0.717) is 12.3 Å². The first-order chi connectivity index (χ1) is 14.2. The average Bonchev–Trinajstić information content (AvgIpc) is 2.80. The highest BCUT2D eigenvalue weighted by Crippen LogP contribution is 2.40. The maximum absolute atomic E-state index is 12.8. The van der Waals surface area contributed by atoms with E-state index in [-0.39, 0.29) is 17.9 Å². The smallest absolute Gasteiger partial charge is 0.222 e. The summed E-state index contributed by atoms with van der Waals surface area (Å²) in [7, 11) is 0. The van der Waals surface area contributed by atoms with Crippen LogP contribution in [0.15, 0.2) is 60.7 Å². The molecule has 0 bridgehead atoms. The summed E-state index contributed by atoms with van der Waals surface area (Å²) in [6.07, 6.45) is 3.69. The van der Waals surface area contributed by atoms with Gasteiger partial charge in [0, 0.05) is 44.6 Å². The van der Waals surface area contributed by atoms with E-state index in [9.17, 15) is 9.90 Å². The fraction of sp³-hybridized carbons (Fsp3) is 0.480. The lowest BCUT2D eigenvalue weighted by Crippen LogP contribution is -2.52. The minimum absolute atomic E-state index is 0.147. The van der Waals surface area contributed by atoms with E-state index in [1.54, 1.807) is 0 Å². The van der Waals surface area contributed by atoms with Gasteiger partial charge >= 0.3 is 0 Å². The van der Waals surface area contributed by atoms with Crippen molar-refractivity contribution in [3.63, 3.8) is 0 Å². The van der Waals surface area contributed by atoms with E-state index in [0.717, 1.165) is 52.0 Å². The van der Waals surface area contributed by atoms with Crippen molar-refractivity contribution in [2.75, 3.05) is 39.3 Å². The number of carbonyl (C=O) groups excluding carboxylic acids is 1. The molecule has 0 radical (unpaired) electrons. The Kier molecular flexibility index (Phi) is 6.31. The molecule has 2 aliphatic heterocycles. The van der Waals surface area contributed by atoms with Crippen molar-refractivity contribution in [2.45, 2.75) is 31.1 Å². The molecule has 154 valence electrons. The molecule has 4 nitrogen and oxygen atoms in total. The molecule has 1 atom stereocenters. The Morgan fingerprint density at radius 3 is 2.24 bits per heavy atom. The van der Waals surface area contributed by atoms with Crippen LogP contribution >= 0.6 is 0 Å². The second kappa shape index (κ2) is 9.10. The molecule has 0 spiro atoms. The third-order valence-corrected chi connectivity index (χ3v) is 6.78. The highest BCUT2D eigenvalue weighted by Gasteiger charge is 2.41. The van der Waals surface area contributed by atoms with Crippen molar-refractivity contribution >= 4 is 5.91 Å². The fourth-order valence-corrected chi connectivity index (χ4v) is 5.09. The molecule has 2 aliphatic rings. The van der Waals surface area contributed by atoms with E-state index < -0.39 is 0 Å². The zero-order valence-electron chi connectivity index (χ0n) is 17.2. The summed E-state index contributed by atoms with van der Waals surface area (Å²) < 4.78 is 0. The number of aliphatic hydroxyl groups excluding tert-OH is 1. The molecule has 1 amide bonds. The molecule has 2 fully saturated rings. The first-order valence-corrected chi connectivity index (χ1v) is 10.9. The van der Waals surface area contributed by atoms with Gasteiger partial charge in [0.2, 0.25) is 5.91 Å². The van der Waals surface area contributed by atoms with E-state index in [2.05, 4.69) is 70.5 Å². The van der Waals surface area contributed by atoms with Crippen LogP contribution in [-0.2, 0) is 10.2 Å². The van der Waals surface area contributed by atoms with Gasteiger partial charge in [0.15, 0.2) is 0 Å². The van der Waals surface area contributed by atoms with Crippen molar-refractivity contribution in [3.05, 3.63) is 71.8 Å². The zero-order chi connectivity index (χ0) is 20.1. The molecule has 0 aromatic heterocycles. The lowest BCUT2D eigenvalue weighted by atomic mass is 9.69. The normalized spacial score (nSPS) is 22.6. The van der Waals surface area contributed by atoms with Gasteiger partial charge in [-0.05, 0) is 42.9 Å². The Balaban J connectivity index is 1.54. The molecule has 2 aromatic rings. The standard InChI is InChI=1S/C25H32N2O2/c28-19-21-8-7-15-26(18-21)16-17-27-20-25(14-13-24(27)29,22-9-3-1-4-10-22)23-11-5-2-6-12-23/h1-6,9-12,21,28H,7-8,13-20H2/t21-/m0/s1. The zero-order valence-corrected chi connectivity index (χ0v) is 17.2. The first-order valence-electron chi connectivity index (χ1n) is 10.9. The fourth-order valence-electron chi connectivity index (χ4n) is 5.09. The van der Waals surface area contributed by atoms with Crippen LogP contribution in [-0.4, -0.2) is 60.1 Å². The second-order valence-electron chi connectivity index (χ2n) is 8.62. The maximum Gasteiger partial charge on any atom is 0.222 e. The molecule has 0 unspecified atom stereocenters. The summed E-state index contributed by atoms with van der Waals surface area (Å²) in [5.74, 6) is 0.650. The molecule has 29 heavy (non-hydrogen) atoms. The number of likely N-dealkylation sites (tertiary alicyclic amines) is 2. The molecular formula is C25H32N2O2. The number of carbonyl (C=O) groups is 1. The summed E-state index contributed by atoms with van der Waals surface area (Å²) in [5.41, 5.74) is 2.44. The highest BCUT2D eigenvalue weighted by atomic mass is 16.3. The lowest BCUT2D eigenvalue weighted by molar-refractivity contribution is -0.135. The number of nitrogens with zero attached hydrogens (tertiary/aromatic N) is 2. The Morgan fingerprint density at radius 2 is 1.62 bits per heavy atom. The minimum Gasteiger partial charge on any atom is -0.396 e. The summed E-state index contributed by atoms with van der Waals surface area (Å²) in [6.45, 7) is 4.67. The predicted octanol–water partition coefficient (Wildman–Crippen LogP) is 3.30. The second-order valence-corrected chi connectivity index (χ2v) is 8.62. The molecule has 1 N–H and O–H groups in total.